The molecule has 5 nitrogen and oxygen atoms in total. The van der Waals surface area contributed by atoms with Crippen LogP contribution in [0.1, 0.15) is 5.69 Å². The lowest BCUT2D eigenvalue weighted by Crippen LogP contribution is -2.06. The van der Waals surface area contributed by atoms with E-state index in [4.69, 9.17) is 11.5 Å². The van der Waals surface area contributed by atoms with Crippen molar-refractivity contribution in [3.05, 3.63) is 5.69 Å². The van der Waals surface area contributed by atoms with Crippen LogP contribution in [0.4, 0.5) is 17.5 Å². The average molecular weight is 153 g/mol. The Kier molecular flexibility index (Phi) is 1.80. The summed E-state index contributed by atoms with van der Waals surface area (Å²) in [6.45, 7) is 1.82. The Morgan fingerprint density at radius 1 is 1.27 bits per heavy atom. The van der Waals surface area contributed by atoms with Gasteiger partial charge in [-0.05, 0) is 6.92 Å². The van der Waals surface area contributed by atoms with E-state index in [0.717, 1.165) is 11.4 Å². The van der Waals surface area contributed by atoms with Gasteiger partial charge in [0.2, 0.25) is 5.95 Å². The van der Waals surface area contributed by atoms with Crippen molar-refractivity contribution >= 4 is 17.5 Å². The number of rotatable bonds is 1. The van der Waals surface area contributed by atoms with E-state index < -0.39 is 0 Å². The van der Waals surface area contributed by atoms with Crippen molar-refractivity contribution in [3.8, 4) is 0 Å². The lowest BCUT2D eigenvalue weighted by atomic mass is 10.3. The number of hydrogen-bond donors (Lipinski definition) is 3. The first-order valence-corrected chi connectivity index (χ1v) is 3.22. The van der Waals surface area contributed by atoms with Gasteiger partial charge >= 0.3 is 0 Å². The molecule has 11 heavy (non-hydrogen) atoms. The number of nitrogens with zero attached hydrogens (tertiary/aromatic N) is 2. The highest BCUT2D eigenvalue weighted by atomic mass is 15.1. The maximum atomic E-state index is 5.54. The fourth-order valence-electron chi connectivity index (χ4n) is 0.926. The number of aromatic nitrogens is 2. The lowest BCUT2D eigenvalue weighted by Gasteiger charge is -2.06. The predicted octanol–water partition coefficient (Wildman–Crippen LogP) is -0.00888. The third-order valence-corrected chi connectivity index (χ3v) is 1.39. The first-order chi connectivity index (χ1) is 5.15. The van der Waals surface area contributed by atoms with Crippen molar-refractivity contribution in [1.82, 2.24) is 9.97 Å². The van der Waals surface area contributed by atoms with Gasteiger partial charge in [-0.15, -0.1) is 0 Å². The normalized spacial score (nSPS) is 9.64. The number of nitrogens with one attached hydrogen (secondary N) is 1. The summed E-state index contributed by atoms with van der Waals surface area (Å²) in [5.41, 5.74) is 12.4. The maximum Gasteiger partial charge on any atom is 0.222 e. The van der Waals surface area contributed by atoms with E-state index in [1.807, 2.05) is 6.92 Å². The minimum atomic E-state index is 0.207. The minimum absolute atomic E-state index is 0.207. The molecular weight excluding hydrogens is 142 g/mol. The van der Waals surface area contributed by atoms with Gasteiger partial charge in [0.15, 0.2) is 5.82 Å². The Hall–Kier alpha value is -1.52. The van der Waals surface area contributed by atoms with Crippen LogP contribution in [0.25, 0.3) is 0 Å². The zero-order chi connectivity index (χ0) is 8.43. The first-order valence-electron chi connectivity index (χ1n) is 3.22. The summed E-state index contributed by atoms with van der Waals surface area (Å²) in [6, 6.07) is 0. The SMILES string of the molecule is CNc1c(C)nc(N)nc1N. The van der Waals surface area contributed by atoms with Crippen molar-refractivity contribution in [2.75, 3.05) is 23.8 Å². The van der Waals surface area contributed by atoms with E-state index in [1.54, 1.807) is 7.05 Å². The highest BCUT2D eigenvalue weighted by Crippen LogP contribution is 2.18. The molecule has 0 fully saturated rings. The molecule has 0 saturated carbocycles. The molecule has 0 amide bonds. The number of nitrogen functional groups attached to an aromatic ring is 2. The van der Waals surface area contributed by atoms with E-state index in [9.17, 15) is 0 Å². The fourth-order valence-corrected chi connectivity index (χ4v) is 0.926. The molecule has 1 rings (SSSR count). The molecule has 0 aliphatic carbocycles. The van der Waals surface area contributed by atoms with Crippen molar-refractivity contribution in [3.63, 3.8) is 0 Å². The van der Waals surface area contributed by atoms with E-state index in [0.29, 0.717) is 5.82 Å². The van der Waals surface area contributed by atoms with Crippen molar-refractivity contribution in [2.24, 2.45) is 0 Å². The van der Waals surface area contributed by atoms with Crippen LogP contribution in [-0.4, -0.2) is 17.0 Å². The van der Waals surface area contributed by atoms with Gasteiger partial charge in [-0.1, -0.05) is 0 Å². The van der Waals surface area contributed by atoms with Crippen molar-refractivity contribution in [2.45, 2.75) is 6.92 Å². The molecule has 0 radical (unpaired) electrons. The zero-order valence-corrected chi connectivity index (χ0v) is 6.55. The molecule has 60 valence electrons. The number of aryl methyl sites for hydroxylation is 1. The van der Waals surface area contributed by atoms with Gasteiger partial charge in [-0.3, -0.25) is 0 Å². The second kappa shape index (κ2) is 2.61. The summed E-state index contributed by atoms with van der Waals surface area (Å²) in [6.07, 6.45) is 0. The molecule has 5 heteroatoms. The summed E-state index contributed by atoms with van der Waals surface area (Å²) in [4.78, 5) is 7.72. The fraction of sp³-hybridized carbons (Fsp3) is 0.333. The molecule has 1 aromatic heterocycles. The molecular formula is C6H11N5. The van der Waals surface area contributed by atoms with Gasteiger partial charge in [-0.25, -0.2) is 4.98 Å². The van der Waals surface area contributed by atoms with Crippen molar-refractivity contribution in [1.29, 1.82) is 0 Å². The maximum absolute atomic E-state index is 5.54. The van der Waals surface area contributed by atoms with E-state index in [1.165, 1.54) is 0 Å². The molecule has 1 heterocycles. The molecule has 0 unspecified atom stereocenters. The zero-order valence-electron chi connectivity index (χ0n) is 6.55. The Morgan fingerprint density at radius 3 is 2.36 bits per heavy atom. The predicted molar refractivity (Wildman–Crippen MR) is 45.1 cm³/mol. The first kappa shape index (κ1) is 7.59. The number of nitrogens with two attached hydrogens (primary N) is 2. The summed E-state index contributed by atoms with van der Waals surface area (Å²) in [7, 11) is 1.76. The Morgan fingerprint density at radius 2 is 1.91 bits per heavy atom. The smallest absolute Gasteiger partial charge is 0.222 e. The van der Waals surface area contributed by atoms with Gasteiger partial charge in [-0.2, -0.15) is 4.98 Å². The highest BCUT2D eigenvalue weighted by Gasteiger charge is 2.04. The molecule has 0 aliphatic heterocycles. The van der Waals surface area contributed by atoms with Crippen molar-refractivity contribution < 1.29 is 0 Å². The van der Waals surface area contributed by atoms with E-state index in [-0.39, 0.29) is 5.95 Å². The summed E-state index contributed by atoms with van der Waals surface area (Å²) in [5, 5.41) is 2.89. The second-order valence-corrected chi connectivity index (χ2v) is 2.18. The number of hydrogen-bond acceptors (Lipinski definition) is 5. The standard InChI is InChI=1S/C6H11N5/c1-3-4(9-2)5(7)11-6(8)10-3/h9H,1-2H3,(H4,7,8,10,11). The largest absolute Gasteiger partial charge is 0.384 e. The molecule has 0 aromatic carbocycles. The second-order valence-electron chi connectivity index (χ2n) is 2.18. The average Bonchev–Trinajstić information content (AvgIpc) is 1.85. The molecule has 0 atom stereocenters. The Bertz CT molecular complexity index is 247. The van der Waals surface area contributed by atoms with Gasteiger partial charge in [0.25, 0.3) is 0 Å². The van der Waals surface area contributed by atoms with Crippen LogP contribution >= 0.6 is 0 Å². The van der Waals surface area contributed by atoms with Gasteiger partial charge in [0.1, 0.15) is 0 Å². The summed E-state index contributed by atoms with van der Waals surface area (Å²) >= 11 is 0. The topological polar surface area (TPSA) is 89.8 Å². The van der Waals surface area contributed by atoms with Crippen LogP contribution in [-0.2, 0) is 0 Å². The molecule has 0 bridgehead atoms. The third-order valence-electron chi connectivity index (χ3n) is 1.39. The lowest BCUT2D eigenvalue weighted by molar-refractivity contribution is 1.12. The van der Waals surface area contributed by atoms with Gasteiger partial charge in [0.05, 0.1) is 11.4 Å². The highest BCUT2D eigenvalue weighted by molar-refractivity contribution is 5.65. The van der Waals surface area contributed by atoms with Gasteiger partial charge in [0, 0.05) is 7.05 Å². The summed E-state index contributed by atoms with van der Waals surface area (Å²) in [5.74, 6) is 0.594. The van der Waals surface area contributed by atoms with Crippen LogP contribution in [0.2, 0.25) is 0 Å². The molecule has 1 aromatic rings. The Labute approximate surface area is 64.8 Å². The molecule has 0 spiro atoms. The Balaban J connectivity index is 3.25. The quantitative estimate of drug-likeness (QED) is 0.528. The van der Waals surface area contributed by atoms with Crippen LogP contribution in [0.5, 0.6) is 0 Å². The van der Waals surface area contributed by atoms with Crippen LogP contribution in [0, 0.1) is 6.92 Å². The van der Waals surface area contributed by atoms with E-state index in [2.05, 4.69) is 15.3 Å². The summed E-state index contributed by atoms with van der Waals surface area (Å²) < 4.78 is 0. The molecule has 0 aliphatic rings. The van der Waals surface area contributed by atoms with Crippen LogP contribution in [0.3, 0.4) is 0 Å². The van der Waals surface area contributed by atoms with E-state index >= 15 is 0 Å². The minimum Gasteiger partial charge on any atom is -0.384 e. The van der Waals surface area contributed by atoms with Crippen LogP contribution in [0.15, 0.2) is 0 Å². The van der Waals surface area contributed by atoms with Crippen LogP contribution < -0.4 is 16.8 Å². The number of anilines is 3. The molecule has 0 saturated heterocycles. The monoisotopic (exact) mass is 153 g/mol. The third kappa shape index (κ3) is 1.31. The van der Waals surface area contributed by atoms with Gasteiger partial charge < -0.3 is 16.8 Å². The molecule has 5 N–H and O–H groups in total.